The van der Waals surface area contributed by atoms with Crippen molar-refractivity contribution in [1.29, 1.82) is 0 Å². The number of rotatable bonds is 4. The molecule has 0 bridgehead atoms. The lowest BCUT2D eigenvalue weighted by atomic mass is 10.2. The molecule has 1 N–H and O–H groups in total. The van der Waals surface area contributed by atoms with Crippen LogP contribution in [0.3, 0.4) is 0 Å². The number of nitrogens with zero attached hydrogens (tertiary/aromatic N) is 2. The van der Waals surface area contributed by atoms with Crippen molar-refractivity contribution < 1.29 is 4.39 Å². The van der Waals surface area contributed by atoms with E-state index in [1.54, 1.807) is 31.6 Å². The summed E-state index contributed by atoms with van der Waals surface area (Å²) in [7, 11) is 6.03. The second-order valence-corrected chi connectivity index (χ2v) is 6.68. The van der Waals surface area contributed by atoms with E-state index >= 15 is 0 Å². The minimum Gasteiger partial charge on any atom is -0.354 e. The molecule has 1 heterocycles. The molecular formula is C14H16FN3P2. The Labute approximate surface area is 122 Å². The van der Waals surface area contributed by atoms with Gasteiger partial charge in [-0.25, -0.2) is 4.39 Å². The van der Waals surface area contributed by atoms with Crippen molar-refractivity contribution in [3.8, 4) is 0 Å². The van der Waals surface area contributed by atoms with E-state index in [-0.39, 0.29) is 0 Å². The van der Waals surface area contributed by atoms with Gasteiger partial charge in [0, 0.05) is 18.9 Å². The number of pyridine rings is 1. The van der Waals surface area contributed by atoms with Crippen LogP contribution in [-0.4, -0.2) is 18.2 Å². The van der Waals surface area contributed by atoms with E-state index < -0.39 is 5.15 Å². The molecule has 2 aromatic rings. The molecule has 1 aromatic heterocycles. The highest BCUT2D eigenvalue weighted by Crippen LogP contribution is 2.40. The molecule has 2 rings (SSSR count). The highest BCUT2D eigenvalue weighted by Gasteiger charge is 2.18. The Kier molecular flexibility index (Phi) is 4.80. The molecule has 0 saturated carbocycles. The monoisotopic (exact) mass is 307 g/mol. The molecule has 104 valence electrons. The van der Waals surface area contributed by atoms with Gasteiger partial charge in [0.2, 0.25) is 0 Å². The number of halogens is 1. The van der Waals surface area contributed by atoms with Crippen LogP contribution in [0, 0.1) is 0 Å². The third-order valence-corrected chi connectivity index (χ3v) is 3.31. The van der Waals surface area contributed by atoms with Crippen molar-refractivity contribution in [2.45, 2.75) is 5.15 Å². The fourth-order valence-electron chi connectivity index (χ4n) is 1.69. The Bertz CT molecular complexity index is 607. The standard InChI is InChI=1S/C14H16FN3P2/c1-16-8-12-5-6-13(9-17-12)18-11-4-2-3-10(7-11)14(15,19)20/h2-9,18H,19-20H2,1H3. The first-order chi connectivity index (χ1) is 9.49. The van der Waals surface area contributed by atoms with Crippen molar-refractivity contribution in [3.63, 3.8) is 0 Å². The van der Waals surface area contributed by atoms with Crippen LogP contribution in [0.2, 0.25) is 0 Å². The minimum atomic E-state index is -1.52. The summed E-state index contributed by atoms with van der Waals surface area (Å²) in [6.07, 6.45) is 3.40. The summed E-state index contributed by atoms with van der Waals surface area (Å²) < 4.78 is 13.8. The summed E-state index contributed by atoms with van der Waals surface area (Å²) in [5, 5.41) is 1.68. The minimum absolute atomic E-state index is 0.570. The molecule has 0 aliphatic heterocycles. The number of aromatic nitrogens is 1. The molecule has 0 spiro atoms. The van der Waals surface area contributed by atoms with Gasteiger partial charge in [-0.1, -0.05) is 30.6 Å². The Morgan fingerprint density at radius 3 is 2.65 bits per heavy atom. The van der Waals surface area contributed by atoms with Gasteiger partial charge in [0.1, 0.15) is 0 Å². The van der Waals surface area contributed by atoms with Gasteiger partial charge in [-0.2, -0.15) is 0 Å². The third kappa shape index (κ3) is 4.06. The fourth-order valence-corrected chi connectivity index (χ4v) is 2.05. The number of alkyl halides is 1. The van der Waals surface area contributed by atoms with Crippen LogP contribution in [0.15, 0.2) is 47.6 Å². The Morgan fingerprint density at radius 1 is 1.25 bits per heavy atom. The van der Waals surface area contributed by atoms with Crippen molar-refractivity contribution in [3.05, 3.63) is 53.9 Å². The Hall–Kier alpha value is -1.37. The van der Waals surface area contributed by atoms with Gasteiger partial charge in [0.05, 0.1) is 17.6 Å². The van der Waals surface area contributed by atoms with Crippen LogP contribution >= 0.6 is 18.5 Å². The van der Waals surface area contributed by atoms with E-state index in [2.05, 4.69) is 33.8 Å². The van der Waals surface area contributed by atoms with Crippen molar-refractivity contribution in [1.82, 2.24) is 4.98 Å². The number of aliphatic imine (C=N–C) groups is 1. The molecule has 20 heavy (non-hydrogen) atoms. The predicted octanol–water partition coefficient (Wildman–Crippen LogP) is 3.70. The number of hydrogen-bond acceptors (Lipinski definition) is 3. The maximum absolute atomic E-state index is 13.8. The van der Waals surface area contributed by atoms with Crippen LogP contribution in [0.4, 0.5) is 15.8 Å². The second kappa shape index (κ2) is 6.39. The van der Waals surface area contributed by atoms with Crippen molar-refractivity contribution >= 4 is 36.1 Å². The summed E-state index contributed by atoms with van der Waals surface area (Å²) in [6, 6.07) is 11.0. The molecule has 6 heteroatoms. The van der Waals surface area contributed by atoms with Gasteiger partial charge < -0.3 is 5.32 Å². The zero-order chi connectivity index (χ0) is 14.6. The van der Waals surface area contributed by atoms with Crippen LogP contribution in [-0.2, 0) is 5.15 Å². The Morgan fingerprint density at radius 2 is 2.05 bits per heavy atom. The lowest BCUT2D eigenvalue weighted by Gasteiger charge is -2.16. The first kappa shape index (κ1) is 15.0. The van der Waals surface area contributed by atoms with E-state index in [4.69, 9.17) is 0 Å². The van der Waals surface area contributed by atoms with Crippen LogP contribution in [0.5, 0.6) is 0 Å². The van der Waals surface area contributed by atoms with E-state index in [1.165, 1.54) is 0 Å². The number of anilines is 2. The van der Waals surface area contributed by atoms with Gasteiger partial charge >= 0.3 is 0 Å². The maximum Gasteiger partial charge on any atom is 0.160 e. The highest BCUT2D eigenvalue weighted by molar-refractivity contribution is 7.38. The quantitative estimate of drug-likeness (QED) is 0.691. The van der Waals surface area contributed by atoms with Gasteiger partial charge in [-0.3, -0.25) is 9.98 Å². The summed E-state index contributed by atoms with van der Waals surface area (Å²) in [4.78, 5) is 8.15. The summed E-state index contributed by atoms with van der Waals surface area (Å²) >= 11 is 0. The van der Waals surface area contributed by atoms with Crippen molar-refractivity contribution in [2.24, 2.45) is 4.99 Å². The largest absolute Gasteiger partial charge is 0.354 e. The van der Waals surface area contributed by atoms with E-state index in [0.29, 0.717) is 5.56 Å². The molecule has 0 radical (unpaired) electrons. The van der Waals surface area contributed by atoms with Gasteiger partial charge in [0.15, 0.2) is 5.15 Å². The number of hydrogen-bond donors (Lipinski definition) is 1. The molecule has 1 aromatic carbocycles. The number of nitrogens with one attached hydrogen (secondary N) is 1. The number of benzene rings is 1. The summed E-state index contributed by atoms with van der Waals surface area (Å²) in [6.45, 7) is 0. The molecule has 0 fully saturated rings. The normalized spacial score (nSPS) is 11.8. The van der Waals surface area contributed by atoms with Crippen LogP contribution in [0.25, 0.3) is 0 Å². The second-order valence-electron chi connectivity index (χ2n) is 4.33. The van der Waals surface area contributed by atoms with Crippen LogP contribution < -0.4 is 5.32 Å². The molecule has 0 amide bonds. The summed E-state index contributed by atoms with van der Waals surface area (Å²) in [5.74, 6) is 0. The third-order valence-electron chi connectivity index (χ3n) is 2.64. The van der Waals surface area contributed by atoms with Crippen LogP contribution in [0.1, 0.15) is 11.3 Å². The topological polar surface area (TPSA) is 37.3 Å². The zero-order valence-electron chi connectivity index (χ0n) is 11.0. The fraction of sp³-hybridized carbons (Fsp3) is 0.143. The lowest BCUT2D eigenvalue weighted by molar-refractivity contribution is 0.423. The SMILES string of the molecule is CN=Cc1ccc(Nc2cccc(C(F)(P)P)c2)cn1. The molecule has 0 aliphatic carbocycles. The van der Waals surface area contributed by atoms with E-state index in [9.17, 15) is 4.39 Å². The molecule has 0 aliphatic rings. The lowest BCUT2D eigenvalue weighted by Crippen LogP contribution is -2.01. The van der Waals surface area contributed by atoms with Crippen molar-refractivity contribution in [2.75, 3.05) is 12.4 Å². The van der Waals surface area contributed by atoms with E-state index in [1.807, 2.05) is 24.3 Å². The maximum atomic E-state index is 13.8. The first-order valence-electron chi connectivity index (χ1n) is 6.01. The Balaban J connectivity index is 2.17. The average Bonchev–Trinajstić information content (AvgIpc) is 2.41. The molecule has 3 nitrogen and oxygen atoms in total. The van der Waals surface area contributed by atoms with Gasteiger partial charge in [0.25, 0.3) is 0 Å². The first-order valence-corrected chi connectivity index (χ1v) is 7.17. The molecule has 2 atom stereocenters. The molecule has 2 unspecified atom stereocenters. The predicted molar refractivity (Wildman–Crippen MR) is 89.7 cm³/mol. The summed E-state index contributed by atoms with van der Waals surface area (Å²) in [5.41, 5.74) is 3.02. The zero-order valence-corrected chi connectivity index (χ0v) is 13.4. The van der Waals surface area contributed by atoms with Gasteiger partial charge in [-0.15, -0.1) is 0 Å². The van der Waals surface area contributed by atoms with E-state index in [0.717, 1.165) is 17.1 Å². The average molecular weight is 307 g/mol. The molecule has 0 saturated heterocycles. The highest BCUT2D eigenvalue weighted by atomic mass is 31.1. The van der Waals surface area contributed by atoms with Gasteiger partial charge in [-0.05, 0) is 29.8 Å². The smallest absolute Gasteiger partial charge is 0.160 e. The molecular weight excluding hydrogens is 291 g/mol.